The van der Waals surface area contributed by atoms with Gasteiger partial charge >= 0.3 is 0 Å². The molecule has 8 heteroatoms. The number of para-hydroxylation sites is 1. The molecule has 1 aromatic heterocycles. The Morgan fingerprint density at radius 1 is 0.848 bits per heavy atom. The summed E-state index contributed by atoms with van der Waals surface area (Å²) in [5.74, 6) is -0.155. The van der Waals surface area contributed by atoms with Crippen LogP contribution in [-0.4, -0.2) is 18.9 Å². The summed E-state index contributed by atoms with van der Waals surface area (Å²) in [6, 6.07) is 24.5. The topological polar surface area (TPSA) is 71.4 Å². The zero-order valence-electron chi connectivity index (χ0n) is 17.5. The summed E-state index contributed by atoms with van der Waals surface area (Å²) in [7, 11) is -3.85. The Bertz CT molecular complexity index is 1450. The number of nitrogens with zero attached hydrogens (tertiary/aromatic N) is 2. The van der Waals surface area contributed by atoms with Gasteiger partial charge in [-0.3, -0.25) is 9.52 Å². The average Bonchev–Trinajstić information content (AvgIpc) is 3.18. The number of anilines is 2. The number of hydrogen-bond acceptors (Lipinski definition) is 3. The highest BCUT2D eigenvalue weighted by Gasteiger charge is 2.25. The Hall–Kier alpha value is -3.55. The minimum Gasteiger partial charge on any atom is -0.345 e. The molecule has 5 rings (SSSR count). The third-order valence-corrected chi connectivity index (χ3v) is 7.50. The molecule has 1 aliphatic rings. The minimum absolute atomic E-state index is 0.00371. The minimum atomic E-state index is -3.85. The number of carbonyl (C=O) groups excluding carboxylic acids is 1. The predicted octanol–water partition coefficient (Wildman–Crippen LogP) is 5.15. The van der Waals surface area contributed by atoms with Crippen LogP contribution in [-0.2, 0) is 23.1 Å². The molecule has 1 N–H and O–H groups in total. The van der Waals surface area contributed by atoms with Crippen LogP contribution in [0.25, 0.3) is 0 Å². The van der Waals surface area contributed by atoms with Gasteiger partial charge in [-0.15, -0.1) is 0 Å². The maximum atomic E-state index is 13.5. The fraction of sp³-hybridized carbons (Fsp3) is 0.0800. The van der Waals surface area contributed by atoms with Crippen molar-refractivity contribution in [2.24, 2.45) is 0 Å². The molecule has 1 amide bonds. The second kappa shape index (κ2) is 8.42. The van der Waals surface area contributed by atoms with Gasteiger partial charge in [0, 0.05) is 35.4 Å². The maximum Gasteiger partial charge on any atom is 0.263 e. The number of aromatic nitrogens is 1. The Labute approximate surface area is 197 Å². The molecule has 0 atom stereocenters. The Morgan fingerprint density at radius 2 is 1.58 bits per heavy atom. The zero-order valence-corrected chi connectivity index (χ0v) is 19.1. The van der Waals surface area contributed by atoms with Crippen molar-refractivity contribution >= 4 is 38.9 Å². The van der Waals surface area contributed by atoms with Crippen molar-refractivity contribution in [2.45, 2.75) is 18.0 Å². The number of rotatable bonds is 4. The predicted molar refractivity (Wildman–Crippen MR) is 129 cm³/mol. The highest BCUT2D eigenvalue weighted by molar-refractivity contribution is 7.92. The van der Waals surface area contributed by atoms with Crippen molar-refractivity contribution < 1.29 is 13.2 Å². The maximum absolute atomic E-state index is 13.5. The number of carbonyl (C=O) groups is 1. The van der Waals surface area contributed by atoms with Crippen LogP contribution in [0.1, 0.15) is 21.6 Å². The lowest BCUT2D eigenvalue weighted by molar-refractivity contribution is 0.0985. The van der Waals surface area contributed by atoms with Gasteiger partial charge in [0.2, 0.25) is 0 Å². The molecule has 0 radical (unpaired) electrons. The van der Waals surface area contributed by atoms with E-state index in [1.165, 1.54) is 12.1 Å². The van der Waals surface area contributed by atoms with Crippen molar-refractivity contribution in [1.82, 2.24) is 4.57 Å². The van der Waals surface area contributed by atoms with Gasteiger partial charge < -0.3 is 9.47 Å². The van der Waals surface area contributed by atoms with E-state index in [-0.39, 0.29) is 15.8 Å². The van der Waals surface area contributed by atoms with E-state index in [2.05, 4.69) is 9.29 Å². The number of nitrogens with one attached hydrogen (secondary N) is 1. The SMILES string of the molecule is O=C(c1ccc(NS(=O)(=O)c2ccccc2Cl)cc1)N1Cc2cccn2Cc2ccccc21. The van der Waals surface area contributed by atoms with Gasteiger partial charge in [0.05, 0.1) is 11.6 Å². The lowest BCUT2D eigenvalue weighted by atomic mass is 10.1. The normalized spacial score (nSPS) is 13.1. The van der Waals surface area contributed by atoms with Crippen LogP contribution >= 0.6 is 11.6 Å². The van der Waals surface area contributed by atoms with Crippen molar-refractivity contribution in [3.63, 3.8) is 0 Å². The Morgan fingerprint density at radius 3 is 2.36 bits per heavy atom. The standard InChI is InChI=1S/C25H20ClN3O3S/c26-22-8-2-4-10-24(22)33(31,32)27-20-13-11-18(12-14-20)25(30)29-17-21-7-5-15-28(21)16-19-6-1-3-9-23(19)29/h1-15,27H,16-17H2. The average molecular weight is 478 g/mol. The fourth-order valence-electron chi connectivity index (χ4n) is 3.98. The molecule has 0 spiro atoms. The van der Waals surface area contributed by atoms with E-state index in [9.17, 15) is 13.2 Å². The molecular formula is C25H20ClN3O3S. The molecule has 1 aliphatic heterocycles. The second-order valence-corrected chi connectivity index (χ2v) is 9.82. The lowest BCUT2D eigenvalue weighted by Crippen LogP contribution is -2.30. The van der Waals surface area contributed by atoms with Crippen LogP contribution in [0.2, 0.25) is 5.02 Å². The summed E-state index contributed by atoms with van der Waals surface area (Å²) >= 11 is 6.04. The summed E-state index contributed by atoms with van der Waals surface area (Å²) in [6.07, 6.45) is 2.01. The van der Waals surface area contributed by atoms with Crippen LogP contribution in [0.15, 0.2) is 96.0 Å². The first-order valence-corrected chi connectivity index (χ1v) is 12.2. The van der Waals surface area contributed by atoms with Crippen molar-refractivity contribution in [1.29, 1.82) is 0 Å². The Kier molecular flexibility index (Phi) is 5.44. The smallest absolute Gasteiger partial charge is 0.263 e. The first kappa shape index (κ1) is 21.3. The van der Waals surface area contributed by atoms with Crippen LogP contribution in [0, 0.1) is 0 Å². The fourth-order valence-corrected chi connectivity index (χ4v) is 5.56. The van der Waals surface area contributed by atoms with Gasteiger partial charge in [0.1, 0.15) is 4.90 Å². The van der Waals surface area contributed by atoms with Crippen LogP contribution in [0.5, 0.6) is 0 Å². The van der Waals surface area contributed by atoms with Gasteiger partial charge in [-0.1, -0.05) is 41.9 Å². The van der Waals surface area contributed by atoms with E-state index in [4.69, 9.17) is 11.6 Å². The van der Waals surface area contributed by atoms with Crippen LogP contribution in [0.4, 0.5) is 11.4 Å². The molecule has 0 saturated carbocycles. The van der Waals surface area contributed by atoms with E-state index in [1.54, 1.807) is 41.3 Å². The summed E-state index contributed by atoms with van der Waals surface area (Å²) in [5.41, 5.74) is 3.78. The van der Waals surface area contributed by atoms with Gasteiger partial charge in [-0.2, -0.15) is 0 Å². The number of sulfonamides is 1. The van der Waals surface area contributed by atoms with Gasteiger partial charge in [-0.05, 0) is 60.2 Å². The zero-order chi connectivity index (χ0) is 23.0. The van der Waals surface area contributed by atoms with E-state index in [1.807, 2.05) is 42.6 Å². The molecule has 0 bridgehead atoms. The van der Waals surface area contributed by atoms with Crippen LogP contribution in [0.3, 0.4) is 0 Å². The molecule has 6 nitrogen and oxygen atoms in total. The number of benzene rings is 3. The Balaban J connectivity index is 1.42. The van der Waals surface area contributed by atoms with E-state index < -0.39 is 10.0 Å². The molecule has 0 unspecified atom stereocenters. The van der Waals surface area contributed by atoms with Crippen molar-refractivity contribution in [3.8, 4) is 0 Å². The molecule has 0 saturated heterocycles. The summed E-state index contributed by atoms with van der Waals surface area (Å²) < 4.78 is 30.0. The number of hydrogen-bond donors (Lipinski definition) is 1. The summed E-state index contributed by atoms with van der Waals surface area (Å²) in [4.78, 5) is 15.2. The largest absolute Gasteiger partial charge is 0.345 e. The highest BCUT2D eigenvalue weighted by atomic mass is 35.5. The number of fused-ring (bicyclic) bond motifs is 2. The lowest BCUT2D eigenvalue weighted by Gasteiger charge is -2.23. The molecule has 3 aromatic carbocycles. The first-order chi connectivity index (χ1) is 15.9. The van der Waals surface area contributed by atoms with Gasteiger partial charge in [-0.25, -0.2) is 8.42 Å². The van der Waals surface area contributed by atoms with Gasteiger partial charge in [0.25, 0.3) is 15.9 Å². The van der Waals surface area contributed by atoms with E-state index in [0.717, 1.165) is 16.9 Å². The van der Waals surface area contributed by atoms with Crippen LogP contribution < -0.4 is 9.62 Å². The molecule has 0 fully saturated rings. The van der Waals surface area contributed by atoms with Crippen molar-refractivity contribution in [3.05, 3.63) is 113 Å². The summed E-state index contributed by atoms with van der Waals surface area (Å²) in [5, 5.41) is 0.140. The van der Waals surface area contributed by atoms with E-state index in [0.29, 0.717) is 24.3 Å². The third-order valence-electron chi connectivity index (χ3n) is 5.62. The molecule has 4 aromatic rings. The monoisotopic (exact) mass is 477 g/mol. The quantitative estimate of drug-likeness (QED) is 0.441. The molecule has 0 aliphatic carbocycles. The van der Waals surface area contributed by atoms with E-state index >= 15 is 0 Å². The molecule has 2 heterocycles. The highest BCUT2D eigenvalue weighted by Crippen LogP contribution is 2.29. The number of amides is 1. The molecule has 33 heavy (non-hydrogen) atoms. The molecule has 166 valence electrons. The van der Waals surface area contributed by atoms with Gasteiger partial charge in [0.15, 0.2) is 0 Å². The molecular weight excluding hydrogens is 458 g/mol. The van der Waals surface area contributed by atoms with Crippen molar-refractivity contribution in [2.75, 3.05) is 9.62 Å². The summed E-state index contributed by atoms with van der Waals surface area (Å²) in [6.45, 7) is 1.15. The third kappa shape index (κ3) is 4.13. The number of halogens is 1. The first-order valence-electron chi connectivity index (χ1n) is 10.3. The second-order valence-electron chi connectivity index (χ2n) is 7.76.